The van der Waals surface area contributed by atoms with Gasteiger partial charge in [-0.15, -0.1) is 0 Å². The van der Waals surface area contributed by atoms with Crippen LogP contribution in [0.1, 0.15) is 55.8 Å². The molecule has 41 heavy (non-hydrogen) atoms. The number of anilines is 4. The molecule has 222 valence electrons. The van der Waals surface area contributed by atoms with E-state index in [0.29, 0.717) is 28.5 Å². The van der Waals surface area contributed by atoms with Gasteiger partial charge in [0.15, 0.2) is 11.7 Å². The number of hydrogen-bond donors (Lipinski definition) is 2. The first kappa shape index (κ1) is 29.0. The number of halogens is 2. The number of benzene rings is 1. The minimum Gasteiger partial charge on any atom is -0.495 e. The Bertz CT molecular complexity index is 1280. The van der Waals surface area contributed by atoms with Crippen molar-refractivity contribution in [1.29, 1.82) is 0 Å². The number of methoxy groups -OCH3 is 1. The molecule has 1 saturated heterocycles. The Morgan fingerprint density at radius 3 is 2.59 bits per heavy atom. The summed E-state index contributed by atoms with van der Waals surface area (Å²) in [6.07, 6.45) is 7.06. The summed E-state index contributed by atoms with van der Waals surface area (Å²) >= 11 is 0. The van der Waals surface area contributed by atoms with Crippen LogP contribution < -0.4 is 25.2 Å². The fourth-order valence-corrected chi connectivity index (χ4v) is 5.96. The molecule has 10 nitrogen and oxygen atoms in total. The first-order valence-corrected chi connectivity index (χ1v) is 14.4. The minimum absolute atomic E-state index is 0.0337. The SMILES string of the molecule is CC/N=C1/N(C)c2cnc(Nc3ccc(C(=O)NC4CCN(C)CC4)cc3OC)nc2N(C2CCCC2)CC1(F)F. The van der Waals surface area contributed by atoms with Crippen molar-refractivity contribution in [2.45, 2.75) is 63.5 Å². The normalized spacial score (nSPS) is 21.1. The van der Waals surface area contributed by atoms with E-state index in [1.54, 1.807) is 43.3 Å². The van der Waals surface area contributed by atoms with Crippen LogP contribution in [0.4, 0.5) is 31.9 Å². The third-order valence-corrected chi connectivity index (χ3v) is 8.23. The summed E-state index contributed by atoms with van der Waals surface area (Å²) in [5.74, 6) is -2.41. The van der Waals surface area contributed by atoms with E-state index >= 15 is 8.78 Å². The number of alkyl halides is 2. The molecule has 2 N–H and O–H groups in total. The van der Waals surface area contributed by atoms with Gasteiger partial charge in [0.1, 0.15) is 11.4 Å². The number of aromatic nitrogens is 2. The number of aliphatic imine (C=N–C) groups is 1. The number of fused-ring (bicyclic) bond motifs is 1. The van der Waals surface area contributed by atoms with Crippen molar-refractivity contribution in [1.82, 2.24) is 20.2 Å². The summed E-state index contributed by atoms with van der Waals surface area (Å²) in [4.78, 5) is 31.7. The minimum atomic E-state index is -3.14. The third kappa shape index (κ3) is 6.22. The van der Waals surface area contributed by atoms with Gasteiger partial charge in [-0.05, 0) is 70.9 Å². The molecule has 0 spiro atoms. The monoisotopic (exact) mass is 570 g/mol. The van der Waals surface area contributed by atoms with Crippen LogP contribution in [-0.2, 0) is 0 Å². The molecule has 1 amide bonds. The Morgan fingerprint density at radius 1 is 1.17 bits per heavy atom. The quantitative estimate of drug-likeness (QED) is 0.509. The zero-order valence-electron chi connectivity index (χ0n) is 24.3. The number of amidine groups is 1. The predicted octanol–water partition coefficient (Wildman–Crippen LogP) is 4.31. The number of piperidine rings is 1. The van der Waals surface area contributed by atoms with E-state index in [-0.39, 0.29) is 36.3 Å². The maximum Gasteiger partial charge on any atom is 0.321 e. The molecule has 1 aromatic heterocycles. The largest absolute Gasteiger partial charge is 0.495 e. The smallest absolute Gasteiger partial charge is 0.321 e. The summed E-state index contributed by atoms with van der Waals surface area (Å²) < 4.78 is 36.6. The molecule has 1 saturated carbocycles. The van der Waals surface area contributed by atoms with Gasteiger partial charge < -0.3 is 30.1 Å². The van der Waals surface area contributed by atoms with Gasteiger partial charge in [-0.2, -0.15) is 13.8 Å². The summed E-state index contributed by atoms with van der Waals surface area (Å²) in [5.41, 5.74) is 1.55. The fourth-order valence-electron chi connectivity index (χ4n) is 5.96. The highest BCUT2D eigenvalue weighted by Gasteiger charge is 2.47. The van der Waals surface area contributed by atoms with Crippen molar-refractivity contribution in [2.75, 3.05) is 62.5 Å². The number of carbonyl (C=O) groups is 1. The lowest BCUT2D eigenvalue weighted by atomic mass is 10.0. The summed E-state index contributed by atoms with van der Waals surface area (Å²) in [6.45, 7) is 3.42. The lowest BCUT2D eigenvalue weighted by molar-refractivity contribution is 0.0819. The molecule has 0 atom stereocenters. The van der Waals surface area contributed by atoms with Gasteiger partial charge in [0.2, 0.25) is 5.95 Å². The Balaban J connectivity index is 1.41. The maximum atomic E-state index is 15.5. The van der Waals surface area contributed by atoms with Gasteiger partial charge in [-0.3, -0.25) is 9.79 Å². The van der Waals surface area contributed by atoms with Crippen molar-refractivity contribution >= 4 is 34.9 Å². The molecule has 3 heterocycles. The van der Waals surface area contributed by atoms with Gasteiger partial charge in [0, 0.05) is 31.2 Å². The van der Waals surface area contributed by atoms with Gasteiger partial charge in [-0.25, -0.2) is 4.98 Å². The molecule has 0 bridgehead atoms. The van der Waals surface area contributed by atoms with Crippen LogP contribution in [-0.4, -0.2) is 92.0 Å². The number of nitrogens with zero attached hydrogens (tertiary/aromatic N) is 6. The van der Waals surface area contributed by atoms with Crippen molar-refractivity contribution in [3.05, 3.63) is 30.0 Å². The first-order valence-electron chi connectivity index (χ1n) is 14.4. The van der Waals surface area contributed by atoms with Crippen molar-refractivity contribution in [3.63, 3.8) is 0 Å². The summed E-state index contributed by atoms with van der Waals surface area (Å²) in [6, 6.07) is 5.27. The highest BCUT2D eigenvalue weighted by molar-refractivity contribution is 6.05. The van der Waals surface area contributed by atoms with E-state index in [2.05, 4.69) is 32.6 Å². The van der Waals surface area contributed by atoms with Crippen LogP contribution in [0, 0.1) is 0 Å². The molecule has 0 unspecified atom stereocenters. The van der Waals surface area contributed by atoms with Crippen molar-refractivity contribution in [2.24, 2.45) is 4.99 Å². The Kier molecular flexibility index (Phi) is 8.58. The zero-order valence-corrected chi connectivity index (χ0v) is 24.3. The molecule has 2 fully saturated rings. The third-order valence-electron chi connectivity index (χ3n) is 8.23. The Hall–Kier alpha value is -3.54. The number of rotatable bonds is 7. The second-order valence-electron chi connectivity index (χ2n) is 11.1. The van der Waals surface area contributed by atoms with Crippen LogP contribution in [0.2, 0.25) is 0 Å². The van der Waals surface area contributed by atoms with Crippen LogP contribution in [0.3, 0.4) is 0 Å². The average Bonchev–Trinajstić information content (AvgIpc) is 3.48. The van der Waals surface area contributed by atoms with E-state index in [4.69, 9.17) is 9.72 Å². The number of nitrogens with one attached hydrogen (secondary N) is 2. The zero-order chi connectivity index (χ0) is 29.1. The molecule has 2 aromatic rings. The van der Waals surface area contributed by atoms with Crippen molar-refractivity contribution < 1.29 is 18.3 Å². The number of hydrogen-bond acceptors (Lipinski definition) is 8. The molecule has 3 aliphatic rings. The highest BCUT2D eigenvalue weighted by atomic mass is 19.3. The van der Waals surface area contributed by atoms with E-state index in [0.717, 1.165) is 51.6 Å². The number of ether oxygens (including phenoxy) is 1. The summed E-state index contributed by atoms with van der Waals surface area (Å²) in [7, 11) is 5.21. The van der Waals surface area contributed by atoms with E-state index in [1.807, 2.05) is 0 Å². The van der Waals surface area contributed by atoms with Gasteiger partial charge in [0.25, 0.3) is 5.91 Å². The van der Waals surface area contributed by atoms with Gasteiger partial charge >= 0.3 is 5.92 Å². The van der Waals surface area contributed by atoms with Gasteiger partial charge in [0.05, 0.1) is 25.5 Å². The molecule has 2 aliphatic heterocycles. The lowest BCUT2D eigenvalue weighted by Crippen LogP contribution is -2.48. The fraction of sp³-hybridized carbons (Fsp3) is 0.586. The molecular weight excluding hydrogens is 530 g/mol. The average molecular weight is 571 g/mol. The van der Waals surface area contributed by atoms with Crippen LogP contribution in [0.5, 0.6) is 5.75 Å². The molecule has 5 rings (SSSR count). The van der Waals surface area contributed by atoms with E-state index < -0.39 is 12.5 Å². The molecule has 1 aromatic carbocycles. The lowest BCUT2D eigenvalue weighted by Gasteiger charge is -2.31. The molecule has 12 heteroatoms. The Morgan fingerprint density at radius 2 is 1.90 bits per heavy atom. The van der Waals surface area contributed by atoms with Crippen LogP contribution in [0.25, 0.3) is 0 Å². The first-order chi connectivity index (χ1) is 19.7. The highest BCUT2D eigenvalue weighted by Crippen LogP contribution is 2.40. The molecular formula is C29H40F2N8O2. The van der Waals surface area contributed by atoms with Crippen LogP contribution in [0.15, 0.2) is 29.4 Å². The van der Waals surface area contributed by atoms with Gasteiger partial charge in [-0.1, -0.05) is 12.8 Å². The van der Waals surface area contributed by atoms with E-state index in [1.165, 1.54) is 12.0 Å². The number of carbonyl (C=O) groups excluding carboxylic acids is 1. The second kappa shape index (κ2) is 12.1. The standard InChI is InChI=1S/C29H40F2N8O2/c1-5-32-27-29(30,31)18-39(21-8-6-7-9-21)25-23(38(27)3)17-33-28(36-25)35-22-11-10-19(16-24(22)41-4)26(40)34-20-12-14-37(2)15-13-20/h10-11,16-17,20-21H,5-9,12-15,18H2,1-4H3,(H,34,40)(H,33,35,36)/b32-27+. The van der Waals surface area contributed by atoms with Crippen LogP contribution >= 0.6 is 0 Å². The Labute approximate surface area is 240 Å². The maximum absolute atomic E-state index is 15.5. The second-order valence-corrected chi connectivity index (χ2v) is 11.1. The topological polar surface area (TPSA) is 98.2 Å². The number of amides is 1. The van der Waals surface area contributed by atoms with E-state index in [9.17, 15) is 4.79 Å². The number of likely N-dealkylation sites (tertiary alicyclic amines) is 1. The molecule has 0 radical (unpaired) electrons. The van der Waals surface area contributed by atoms with Crippen molar-refractivity contribution in [3.8, 4) is 5.75 Å². The predicted molar refractivity (Wildman–Crippen MR) is 157 cm³/mol. The summed E-state index contributed by atoms with van der Waals surface area (Å²) in [5, 5.41) is 6.31. The molecule has 1 aliphatic carbocycles.